The molecule has 0 saturated carbocycles. The van der Waals surface area contributed by atoms with E-state index in [0.29, 0.717) is 29.8 Å². The van der Waals surface area contributed by atoms with Gasteiger partial charge in [-0.05, 0) is 26.4 Å². The van der Waals surface area contributed by atoms with Gasteiger partial charge in [-0.1, -0.05) is 6.42 Å². The summed E-state index contributed by atoms with van der Waals surface area (Å²) >= 11 is 0. The molecule has 1 atom stereocenters. The second-order valence-electron chi connectivity index (χ2n) is 4.66. The Hall–Kier alpha value is -1.80. The van der Waals surface area contributed by atoms with E-state index in [2.05, 4.69) is 23.0 Å². The van der Waals surface area contributed by atoms with Crippen molar-refractivity contribution in [1.82, 2.24) is 9.88 Å². The highest BCUT2D eigenvalue weighted by Gasteiger charge is 2.19. The molecule has 0 aliphatic carbocycles. The monoisotopic (exact) mass is 246 g/mol. The Balaban J connectivity index is 2.01. The van der Waals surface area contributed by atoms with Gasteiger partial charge in [-0.25, -0.2) is 4.98 Å². The fraction of sp³-hybridized carbons (Fsp3) is 0.538. The van der Waals surface area contributed by atoms with Crippen LogP contribution in [0.2, 0.25) is 0 Å². The number of anilines is 1. The van der Waals surface area contributed by atoms with Gasteiger partial charge < -0.3 is 15.4 Å². The third kappa shape index (κ3) is 2.90. The van der Waals surface area contributed by atoms with Crippen molar-refractivity contribution in [3.63, 3.8) is 0 Å². The van der Waals surface area contributed by atoms with Crippen molar-refractivity contribution in [3.05, 3.63) is 17.8 Å². The molecular formula is C13H18N4O. The van der Waals surface area contributed by atoms with Gasteiger partial charge in [0, 0.05) is 12.1 Å². The number of ether oxygens (including phenoxy) is 1. The molecule has 0 unspecified atom stereocenters. The van der Waals surface area contributed by atoms with Crippen LogP contribution in [0.1, 0.15) is 24.8 Å². The van der Waals surface area contributed by atoms with Crippen LogP contribution >= 0.6 is 0 Å². The highest BCUT2D eigenvalue weighted by molar-refractivity contribution is 5.47. The molecule has 0 spiro atoms. The number of piperidine rings is 1. The van der Waals surface area contributed by atoms with Gasteiger partial charge in [-0.2, -0.15) is 5.26 Å². The molecule has 0 radical (unpaired) electrons. The van der Waals surface area contributed by atoms with E-state index in [-0.39, 0.29) is 0 Å². The SMILES string of the molecule is CN1CCCC[C@H]1COc1cc(N)ncc1C#N. The smallest absolute Gasteiger partial charge is 0.142 e. The molecule has 1 saturated heterocycles. The van der Waals surface area contributed by atoms with Crippen molar-refractivity contribution in [1.29, 1.82) is 5.26 Å². The molecule has 1 aliphatic rings. The Morgan fingerprint density at radius 2 is 2.44 bits per heavy atom. The summed E-state index contributed by atoms with van der Waals surface area (Å²) in [7, 11) is 2.11. The minimum Gasteiger partial charge on any atom is -0.490 e. The third-order valence-corrected chi connectivity index (χ3v) is 3.36. The van der Waals surface area contributed by atoms with Gasteiger partial charge >= 0.3 is 0 Å². The first-order chi connectivity index (χ1) is 8.70. The van der Waals surface area contributed by atoms with Crippen molar-refractivity contribution in [2.45, 2.75) is 25.3 Å². The third-order valence-electron chi connectivity index (χ3n) is 3.36. The van der Waals surface area contributed by atoms with E-state index in [1.807, 2.05) is 0 Å². The lowest BCUT2D eigenvalue weighted by Crippen LogP contribution is -2.40. The molecule has 0 bridgehead atoms. The number of nitrogen functional groups attached to an aromatic ring is 1. The highest BCUT2D eigenvalue weighted by Crippen LogP contribution is 2.21. The van der Waals surface area contributed by atoms with Crippen molar-refractivity contribution in [2.24, 2.45) is 0 Å². The fourth-order valence-electron chi connectivity index (χ4n) is 2.20. The van der Waals surface area contributed by atoms with Crippen LogP contribution in [0.3, 0.4) is 0 Å². The van der Waals surface area contributed by atoms with E-state index in [1.54, 1.807) is 6.07 Å². The van der Waals surface area contributed by atoms with Gasteiger partial charge in [0.1, 0.15) is 29.8 Å². The summed E-state index contributed by atoms with van der Waals surface area (Å²) in [5, 5.41) is 8.98. The summed E-state index contributed by atoms with van der Waals surface area (Å²) in [4.78, 5) is 6.19. The first-order valence-electron chi connectivity index (χ1n) is 6.19. The lowest BCUT2D eigenvalue weighted by Gasteiger charge is -2.32. The molecule has 96 valence electrons. The number of nitrogens with zero attached hydrogens (tertiary/aromatic N) is 3. The second-order valence-corrected chi connectivity index (χ2v) is 4.66. The minimum atomic E-state index is 0.376. The molecule has 1 aromatic heterocycles. The maximum atomic E-state index is 8.98. The topological polar surface area (TPSA) is 75.2 Å². The van der Waals surface area contributed by atoms with Gasteiger partial charge in [0.2, 0.25) is 0 Å². The Morgan fingerprint density at radius 3 is 3.17 bits per heavy atom. The fourth-order valence-corrected chi connectivity index (χ4v) is 2.20. The summed E-state index contributed by atoms with van der Waals surface area (Å²) in [6.07, 6.45) is 5.08. The summed E-state index contributed by atoms with van der Waals surface area (Å²) < 4.78 is 5.73. The van der Waals surface area contributed by atoms with Crippen molar-refractivity contribution in [2.75, 3.05) is 25.9 Å². The van der Waals surface area contributed by atoms with E-state index in [0.717, 1.165) is 13.0 Å². The summed E-state index contributed by atoms with van der Waals surface area (Å²) in [6.45, 7) is 1.70. The van der Waals surface area contributed by atoms with Crippen LogP contribution in [0.5, 0.6) is 5.75 Å². The quantitative estimate of drug-likeness (QED) is 0.872. The average molecular weight is 246 g/mol. The van der Waals surface area contributed by atoms with Crippen LogP contribution < -0.4 is 10.5 Å². The van der Waals surface area contributed by atoms with E-state index in [4.69, 9.17) is 15.7 Å². The number of hydrogen-bond acceptors (Lipinski definition) is 5. The Kier molecular flexibility index (Phi) is 4.00. The van der Waals surface area contributed by atoms with Crippen LogP contribution in [0.25, 0.3) is 0 Å². The average Bonchev–Trinajstić information content (AvgIpc) is 2.38. The second kappa shape index (κ2) is 5.69. The maximum absolute atomic E-state index is 8.98. The minimum absolute atomic E-state index is 0.376. The molecule has 1 aliphatic heterocycles. The zero-order valence-electron chi connectivity index (χ0n) is 10.6. The number of nitrogens with two attached hydrogens (primary N) is 1. The molecule has 0 aromatic carbocycles. The molecule has 0 amide bonds. The standard InChI is InChI=1S/C13H18N4O/c1-17-5-3-2-4-11(17)9-18-12-6-13(15)16-8-10(12)7-14/h6,8,11H,2-5,9H2,1H3,(H2,15,16)/t11-/m0/s1. The number of likely N-dealkylation sites (N-methyl/N-ethyl adjacent to an activating group) is 1. The highest BCUT2D eigenvalue weighted by atomic mass is 16.5. The first-order valence-corrected chi connectivity index (χ1v) is 6.19. The predicted molar refractivity (Wildman–Crippen MR) is 69.1 cm³/mol. The number of aromatic nitrogens is 1. The summed E-state index contributed by atoms with van der Waals surface area (Å²) in [6, 6.07) is 4.09. The first kappa shape index (κ1) is 12.7. The van der Waals surface area contributed by atoms with E-state index in [1.165, 1.54) is 19.0 Å². The molecule has 2 N–H and O–H groups in total. The largest absolute Gasteiger partial charge is 0.490 e. The Labute approximate surface area is 107 Å². The molecule has 5 heteroatoms. The predicted octanol–water partition coefficient (Wildman–Crippen LogP) is 1.40. The molecule has 1 aromatic rings. The van der Waals surface area contributed by atoms with Gasteiger partial charge in [0.15, 0.2) is 0 Å². The molecule has 1 fully saturated rings. The van der Waals surface area contributed by atoms with Crippen molar-refractivity contribution in [3.8, 4) is 11.8 Å². The molecule has 5 nitrogen and oxygen atoms in total. The van der Waals surface area contributed by atoms with Gasteiger partial charge in [-0.3, -0.25) is 0 Å². The molecular weight excluding hydrogens is 228 g/mol. The summed E-state index contributed by atoms with van der Waals surface area (Å²) in [5.41, 5.74) is 6.04. The zero-order valence-corrected chi connectivity index (χ0v) is 10.6. The number of rotatable bonds is 3. The van der Waals surface area contributed by atoms with Crippen LogP contribution in [0.4, 0.5) is 5.82 Å². The molecule has 18 heavy (non-hydrogen) atoms. The van der Waals surface area contributed by atoms with Crippen LogP contribution in [0, 0.1) is 11.3 Å². The Morgan fingerprint density at radius 1 is 1.61 bits per heavy atom. The molecule has 2 heterocycles. The molecule has 2 rings (SSSR count). The lowest BCUT2D eigenvalue weighted by atomic mass is 10.0. The van der Waals surface area contributed by atoms with Crippen LogP contribution in [-0.2, 0) is 0 Å². The van der Waals surface area contributed by atoms with E-state index >= 15 is 0 Å². The maximum Gasteiger partial charge on any atom is 0.142 e. The van der Waals surface area contributed by atoms with Crippen molar-refractivity contribution < 1.29 is 4.74 Å². The normalized spacial score (nSPS) is 20.3. The van der Waals surface area contributed by atoms with Crippen LogP contribution in [-0.4, -0.2) is 36.1 Å². The van der Waals surface area contributed by atoms with Crippen molar-refractivity contribution >= 4 is 5.82 Å². The van der Waals surface area contributed by atoms with Gasteiger partial charge in [0.25, 0.3) is 0 Å². The van der Waals surface area contributed by atoms with Gasteiger partial charge in [-0.15, -0.1) is 0 Å². The van der Waals surface area contributed by atoms with E-state index in [9.17, 15) is 0 Å². The lowest BCUT2D eigenvalue weighted by molar-refractivity contribution is 0.125. The number of nitriles is 1. The van der Waals surface area contributed by atoms with E-state index < -0.39 is 0 Å². The Bertz CT molecular complexity index is 455. The summed E-state index contributed by atoms with van der Waals surface area (Å²) in [5.74, 6) is 0.907. The zero-order chi connectivity index (χ0) is 13.0. The number of hydrogen-bond donors (Lipinski definition) is 1. The number of pyridine rings is 1. The number of likely N-dealkylation sites (tertiary alicyclic amines) is 1. The van der Waals surface area contributed by atoms with Gasteiger partial charge in [0.05, 0.1) is 6.20 Å². The van der Waals surface area contributed by atoms with Crippen LogP contribution in [0.15, 0.2) is 12.3 Å².